The lowest BCUT2D eigenvalue weighted by Gasteiger charge is -1.96. The number of hydrogen-bond acceptors (Lipinski definition) is 6. The van der Waals surface area contributed by atoms with Crippen LogP contribution in [-0.2, 0) is 0 Å². The lowest BCUT2D eigenvalue weighted by Crippen LogP contribution is -2.09. The lowest BCUT2D eigenvalue weighted by molar-refractivity contribution is 1.04. The molecule has 0 fully saturated rings. The van der Waals surface area contributed by atoms with Gasteiger partial charge < -0.3 is 5.43 Å². The average Bonchev–Trinajstić information content (AvgIpc) is 2.83. The van der Waals surface area contributed by atoms with E-state index in [0.717, 1.165) is 20.8 Å². The molecule has 0 aliphatic heterocycles. The summed E-state index contributed by atoms with van der Waals surface area (Å²) >= 11 is 1.57. The molecule has 2 aromatic heterocycles. The molecule has 1 aromatic carbocycles. The fourth-order valence-corrected chi connectivity index (χ4v) is 2.51. The van der Waals surface area contributed by atoms with Gasteiger partial charge in [0.1, 0.15) is 10.5 Å². The molecule has 5 nitrogen and oxygen atoms in total. The molecule has 2 heterocycles. The number of anilines is 1. The van der Waals surface area contributed by atoms with Crippen LogP contribution < -0.4 is 11.3 Å². The van der Waals surface area contributed by atoms with Gasteiger partial charge in [0.05, 0.1) is 10.9 Å². The molecule has 0 spiro atoms. The Morgan fingerprint density at radius 3 is 2.76 bits per heavy atom. The SMILES string of the molecule is NNc1nncc2sc(-c3ccccc3)nc12. The number of nitrogens with zero attached hydrogens (tertiary/aromatic N) is 3. The van der Waals surface area contributed by atoms with Crippen molar-refractivity contribution >= 4 is 27.4 Å². The number of rotatable bonds is 2. The quantitative estimate of drug-likeness (QED) is 0.532. The Morgan fingerprint density at radius 1 is 1.18 bits per heavy atom. The Hall–Kier alpha value is -2.05. The van der Waals surface area contributed by atoms with Crippen molar-refractivity contribution in [3.8, 4) is 10.6 Å². The van der Waals surface area contributed by atoms with E-state index in [0.29, 0.717) is 5.82 Å². The molecule has 0 saturated carbocycles. The zero-order chi connectivity index (χ0) is 11.7. The highest BCUT2D eigenvalue weighted by Crippen LogP contribution is 2.31. The van der Waals surface area contributed by atoms with E-state index < -0.39 is 0 Å². The zero-order valence-electron chi connectivity index (χ0n) is 8.79. The molecular weight excluding hydrogens is 234 g/mol. The maximum absolute atomic E-state index is 5.38. The largest absolute Gasteiger partial charge is 0.305 e. The van der Waals surface area contributed by atoms with Crippen LogP contribution in [0.1, 0.15) is 0 Å². The summed E-state index contributed by atoms with van der Waals surface area (Å²) in [5, 5.41) is 8.70. The Labute approximate surface area is 101 Å². The summed E-state index contributed by atoms with van der Waals surface area (Å²) < 4.78 is 0.965. The van der Waals surface area contributed by atoms with Crippen molar-refractivity contribution in [1.29, 1.82) is 0 Å². The number of thiazole rings is 1. The second-order valence-electron chi connectivity index (χ2n) is 3.44. The number of nitrogen functional groups attached to an aromatic ring is 1. The number of hydrazine groups is 1. The van der Waals surface area contributed by atoms with Gasteiger partial charge in [-0.15, -0.1) is 16.4 Å². The summed E-state index contributed by atoms with van der Waals surface area (Å²) in [5.41, 5.74) is 4.34. The van der Waals surface area contributed by atoms with E-state index in [1.54, 1.807) is 17.5 Å². The summed E-state index contributed by atoms with van der Waals surface area (Å²) in [6, 6.07) is 10.00. The molecule has 6 heteroatoms. The fraction of sp³-hybridized carbons (Fsp3) is 0. The maximum Gasteiger partial charge on any atom is 0.190 e. The summed E-state index contributed by atoms with van der Waals surface area (Å²) in [6.07, 6.45) is 1.69. The van der Waals surface area contributed by atoms with Crippen molar-refractivity contribution < 1.29 is 0 Å². The maximum atomic E-state index is 5.38. The average molecular weight is 243 g/mol. The number of fused-ring (bicyclic) bond motifs is 1. The highest BCUT2D eigenvalue weighted by Gasteiger charge is 2.10. The van der Waals surface area contributed by atoms with Crippen LogP contribution in [0.5, 0.6) is 0 Å². The molecule has 17 heavy (non-hydrogen) atoms. The normalized spacial score (nSPS) is 10.6. The van der Waals surface area contributed by atoms with E-state index >= 15 is 0 Å². The summed E-state index contributed by atoms with van der Waals surface area (Å²) in [4.78, 5) is 4.53. The highest BCUT2D eigenvalue weighted by atomic mass is 32.1. The smallest absolute Gasteiger partial charge is 0.190 e. The second kappa shape index (κ2) is 4.08. The van der Waals surface area contributed by atoms with Gasteiger partial charge >= 0.3 is 0 Å². The molecule has 0 amide bonds. The van der Waals surface area contributed by atoms with Gasteiger partial charge in [-0.3, -0.25) is 0 Å². The van der Waals surface area contributed by atoms with Crippen LogP contribution in [0.4, 0.5) is 5.82 Å². The van der Waals surface area contributed by atoms with Crippen molar-refractivity contribution in [2.24, 2.45) is 5.84 Å². The van der Waals surface area contributed by atoms with E-state index in [4.69, 9.17) is 5.84 Å². The van der Waals surface area contributed by atoms with Gasteiger partial charge in [-0.05, 0) is 0 Å². The third-order valence-corrected chi connectivity index (χ3v) is 3.41. The van der Waals surface area contributed by atoms with Crippen LogP contribution >= 0.6 is 11.3 Å². The topological polar surface area (TPSA) is 76.7 Å². The van der Waals surface area contributed by atoms with Crippen molar-refractivity contribution in [2.75, 3.05) is 5.43 Å². The molecule has 0 radical (unpaired) electrons. The number of nitrogens with two attached hydrogens (primary N) is 1. The molecule has 3 N–H and O–H groups in total. The van der Waals surface area contributed by atoms with Crippen LogP contribution in [0.15, 0.2) is 36.5 Å². The van der Waals surface area contributed by atoms with E-state index in [1.807, 2.05) is 30.3 Å². The lowest BCUT2D eigenvalue weighted by atomic mass is 10.2. The molecule has 0 saturated heterocycles. The van der Waals surface area contributed by atoms with E-state index in [-0.39, 0.29) is 0 Å². The predicted molar refractivity (Wildman–Crippen MR) is 68.5 cm³/mol. The van der Waals surface area contributed by atoms with Gasteiger partial charge in [0, 0.05) is 5.56 Å². The van der Waals surface area contributed by atoms with Gasteiger partial charge in [-0.1, -0.05) is 30.3 Å². The summed E-state index contributed by atoms with van der Waals surface area (Å²) in [5.74, 6) is 5.88. The first kappa shape index (κ1) is 10.1. The zero-order valence-corrected chi connectivity index (χ0v) is 9.61. The number of aromatic nitrogens is 3. The van der Waals surface area contributed by atoms with E-state index in [2.05, 4.69) is 20.6 Å². The molecule has 84 valence electrons. The summed E-state index contributed by atoms with van der Waals surface area (Å²) in [6.45, 7) is 0. The number of hydrogen-bond donors (Lipinski definition) is 2. The van der Waals surface area contributed by atoms with Crippen LogP contribution in [0.2, 0.25) is 0 Å². The van der Waals surface area contributed by atoms with Crippen molar-refractivity contribution in [2.45, 2.75) is 0 Å². The van der Waals surface area contributed by atoms with Crippen LogP contribution in [0, 0.1) is 0 Å². The molecule has 3 rings (SSSR count). The van der Waals surface area contributed by atoms with Crippen LogP contribution in [-0.4, -0.2) is 15.2 Å². The first-order valence-corrected chi connectivity index (χ1v) is 5.84. The molecule has 0 aliphatic rings. The van der Waals surface area contributed by atoms with Crippen molar-refractivity contribution in [1.82, 2.24) is 15.2 Å². The molecule has 0 aliphatic carbocycles. The Morgan fingerprint density at radius 2 is 2.00 bits per heavy atom. The van der Waals surface area contributed by atoms with E-state index in [9.17, 15) is 0 Å². The minimum absolute atomic E-state index is 0.501. The second-order valence-corrected chi connectivity index (χ2v) is 4.47. The van der Waals surface area contributed by atoms with Gasteiger partial charge in [-0.25, -0.2) is 10.8 Å². The monoisotopic (exact) mass is 243 g/mol. The van der Waals surface area contributed by atoms with Gasteiger partial charge in [0.15, 0.2) is 5.82 Å². The van der Waals surface area contributed by atoms with Gasteiger partial charge in [0.25, 0.3) is 0 Å². The standard InChI is InChI=1S/C11H9N5S/c12-15-10-9-8(6-13-16-10)17-11(14-9)7-4-2-1-3-5-7/h1-6H,12H2,(H,15,16). The number of benzene rings is 1. The molecule has 3 aromatic rings. The number of nitrogens with one attached hydrogen (secondary N) is 1. The molecule has 0 bridgehead atoms. The van der Waals surface area contributed by atoms with Crippen LogP contribution in [0.3, 0.4) is 0 Å². The molecular formula is C11H9N5S. The van der Waals surface area contributed by atoms with Crippen LogP contribution in [0.25, 0.3) is 20.8 Å². The predicted octanol–water partition coefficient (Wildman–Crippen LogP) is 2.04. The molecule has 0 atom stereocenters. The minimum Gasteiger partial charge on any atom is -0.305 e. The highest BCUT2D eigenvalue weighted by molar-refractivity contribution is 7.21. The minimum atomic E-state index is 0.501. The van der Waals surface area contributed by atoms with Gasteiger partial charge in [0.2, 0.25) is 0 Å². The molecule has 0 unspecified atom stereocenters. The first-order valence-electron chi connectivity index (χ1n) is 5.03. The van der Waals surface area contributed by atoms with E-state index in [1.165, 1.54) is 0 Å². The Bertz CT molecular complexity index is 649. The fourth-order valence-electron chi connectivity index (χ4n) is 1.58. The summed E-state index contributed by atoms with van der Waals surface area (Å²) in [7, 11) is 0. The third kappa shape index (κ3) is 1.73. The van der Waals surface area contributed by atoms with Crippen molar-refractivity contribution in [3.05, 3.63) is 36.5 Å². The van der Waals surface area contributed by atoms with Crippen molar-refractivity contribution in [3.63, 3.8) is 0 Å². The Kier molecular flexibility index (Phi) is 2.43. The van der Waals surface area contributed by atoms with Gasteiger partial charge in [-0.2, -0.15) is 5.10 Å². The Balaban J connectivity index is 2.20. The third-order valence-electron chi connectivity index (χ3n) is 2.37. The first-order chi connectivity index (χ1) is 8.38.